The van der Waals surface area contributed by atoms with E-state index in [-0.39, 0.29) is 35.1 Å². The Morgan fingerprint density at radius 1 is 1.45 bits per heavy atom. The molecular weight excluding hydrogens is 328 g/mol. The highest BCUT2D eigenvalue weighted by molar-refractivity contribution is 7.89. The molecule has 1 aromatic heterocycles. The number of nitrogens with one attached hydrogen (secondary N) is 1. The predicted molar refractivity (Wildman–Crippen MR) is 82.0 cm³/mol. The molecule has 7 nitrogen and oxygen atoms in total. The van der Waals surface area contributed by atoms with E-state index in [1.807, 2.05) is 6.92 Å². The zero-order valence-corrected chi connectivity index (χ0v) is 13.7. The largest absolute Gasteiger partial charge is 0.369 e. The Labute approximate surface area is 134 Å². The predicted octanol–water partition coefficient (Wildman–Crippen LogP) is 1.12. The normalized spacial score (nSPS) is 19.7. The summed E-state index contributed by atoms with van der Waals surface area (Å²) < 4.78 is 26.4. The lowest BCUT2D eigenvalue weighted by Crippen LogP contribution is -2.32. The Hall–Kier alpha value is -1.38. The topological polar surface area (TPSA) is 82.6 Å². The van der Waals surface area contributed by atoms with Gasteiger partial charge in [-0.1, -0.05) is 11.6 Å². The zero-order chi connectivity index (χ0) is 15.9. The molecular formula is C13H17ClN4O3S. The fourth-order valence-electron chi connectivity index (χ4n) is 2.41. The lowest BCUT2D eigenvalue weighted by atomic mass is 10.4. The molecule has 120 valence electrons. The van der Waals surface area contributed by atoms with Gasteiger partial charge in [0.1, 0.15) is 10.7 Å². The molecule has 0 radical (unpaired) electrons. The van der Waals surface area contributed by atoms with Gasteiger partial charge in [0.15, 0.2) is 0 Å². The van der Waals surface area contributed by atoms with Crippen LogP contribution in [0, 0.1) is 0 Å². The number of sulfonamides is 1. The molecule has 1 saturated carbocycles. The molecule has 1 N–H and O–H groups in total. The molecule has 2 heterocycles. The first-order valence-corrected chi connectivity index (χ1v) is 8.94. The van der Waals surface area contributed by atoms with Crippen LogP contribution in [-0.4, -0.2) is 54.3 Å². The van der Waals surface area contributed by atoms with Gasteiger partial charge in [-0.3, -0.25) is 4.79 Å². The van der Waals surface area contributed by atoms with Crippen molar-refractivity contribution in [3.8, 4) is 0 Å². The monoisotopic (exact) mass is 344 g/mol. The van der Waals surface area contributed by atoms with Gasteiger partial charge in [-0.15, -0.1) is 0 Å². The maximum absolute atomic E-state index is 12.6. The number of carbonyl (C=O) groups excluding carboxylic acids is 1. The van der Waals surface area contributed by atoms with Crippen molar-refractivity contribution >= 4 is 33.3 Å². The number of hydrogen-bond acceptors (Lipinski definition) is 5. The fourth-order valence-corrected chi connectivity index (χ4v) is 4.02. The highest BCUT2D eigenvalue weighted by atomic mass is 35.5. The Bertz CT molecular complexity index is 705. The van der Waals surface area contributed by atoms with E-state index >= 15 is 0 Å². The molecule has 1 aliphatic heterocycles. The standard InChI is InChI=1S/C13H17ClN4O3S/c1-2-15-13-11(14)5-10(6-16-13)22(20,21)17-7-12(19)18(8-17)9-3-4-9/h5-6,9H,2-4,7-8H2,1H3,(H,15,16). The molecule has 0 aromatic carbocycles. The summed E-state index contributed by atoms with van der Waals surface area (Å²) >= 11 is 6.05. The van der Waals surface area contributed by atoms with Crippen molar-refractivity contribution in [2.45, 2.75) is 30.7 Å². The van der Waals surface area contributed by atoms with Crippen molar-refractivity contribution in [3.05, 3.63) is 17.3 Å². The summed E-state index contributed by atoms with van der Waals surface area (Å²) in [5.74, 6) is 0.301. The van der Waals surface area contributed by atoms with Gasteiger partial charge in [-0.05, 0) is 25.8 Å². The Balaban J connectivity index is 1.84. The van der Waals surface area contributed by atoms with Gasteiger partial charge in [0.25, 0.3) is 0 Å². The molecule has 2 aliphatic rings. The lowest BCUT2D eigenvalue weighted by molar-refractivity contribution is -0.127. The second kappa shape index (κ2) is 5.68. The molecule has 1 aromatic rings. The SMILES string of the molecule is CCNc1ncc(S(=O)(=O)N2CC(=O)N(C3CC3)C2)cc1Cl. The number of carbonyl (C=O) groups is 1. The molecule has 0 atom stereocenters. The van der Waals surface area contributed by atoms with Crippen LogP contribution in [0.15, 0.2) is 17.2 Å². The molecule has 22 heavy (non-hydrogen) atoms. The van der Waals surface area contributed by atoms with Gasteiger partial charge in [0.2, 0.25) is 15.9 Å². The number of rotatable bonds is 5. The average Bonchev–Trinajstić information content (AvgIpc) is 3.23. The van der Waals surface area contributed by atoms with Crippen LogP contribution in [0.2, 0.25) is 5.02 Å². The van der Waals surface area contributed by atoms with Gasteiger partial charge in [-0.25, -0.2) is 13.4 Å². The maximum atomic E-state index is 12.6. The summed E-state index contributed by atoms with van der Waals surface area (Å²) in [6.07, 6.45) is 3.16. The van der Waals surface area contributed by atoms with Crippen molar-refractivity contribution in [3.63, 3.8) is 0 Å². The quantitative estimate of drug-likeness (QED) is 0.865. The number of pyridine rings is 1. The Kier molecular flexibility index (Phi) is 4.00. The van der Waals surface area contributed by atoms with Crippen molar-refractivity contribution in [2.75, 3.05) is 25.1 Å². The number of hydrogen-bond donors (Lipinski definition) is 1. The lowest BCUT2D eigenvalue weighted by Gasteiger charge is -2.18. The number of nitrogens with zero attached hydrogens (tertiary/aromatic N) is 3. The number of aromatic nitrogens is 1. The van der Waals surface area contributed by atoms with Crippen molar-refractivity contribution < 1.29 is 13.2 Å². The first-order chi connectivity index (χ1) is 10.4. The maximum Gasteiger partial charge on any atom is 0.246 e. The third-order valence-corrected chi connectivity index (χ3v) is 5.76. The van der Waals surface area contributed by atoms with Crippen molar-refractivity contribution in [2.24, 2.45) is 0 Å². The smallest absolute Gasteiger partial charge is 0.246 e. The second-order valence-corrected chi connectivity index (χ2v) is 7.73. The zero-order valence-electron chi connectivity index (χ0n) is 12.1. The molecule has 0 bridgehead atoms. The summed E-state index contributed by atoms with van der Waals surface area (Å²) in [7, 11) is -3.77. The van der Waals surface area contributed by atoms with Crippen molar-refractivity contribution in [1.82, 2.24) is 14.2 Å². The van der Waals surface area contributed by atoms with E-state index in [0.717, 1.165) is 12.8 Å². The second-order valence-electron chi connectivity index (χ2n) is 5.38. The number of halogens is 1. The van der Waals surface area contributed by atoms with Crippen LogP contribution < -0.4 is 5.32 Å². The number of amides is 1. The minimum atomic E-state index is -3.77. The highest BCUT2D eigenvalue weighted by Gasteiger charge is 2.42. The molecule has 3 rings (SSSR count). The highest BCUT2D eigenvalue weighted by Crippen LogP contribution is 2.32. The van der Waals surface area contributed by atoms with Crippen LogP contribution in [0.3, 0.4) is 0 Å². The van der Waals surface area contributed by atoms with Gasteiger partial charge in [0, 0.05) is 18.8 Å². The van der Waals surface area contributed by atoms with E-state index < -0.39 is 10.0 Å². The van der Waals surface area contributed by atoms with Gasteiger partial charge in [-0.2, -0.15) is 4.31 Å². The van der Waals surface area contributed by atoms with Crippen LogP contribution in [-0.2, 0) is 14.8 Å². The third-order valence-electron chi connectivity index (χ3n) is 3.73. The molecule has 0 spiro atoms. The van der Waals surface area contributed by atoms with Gasteiger partial charge >= 0.3 is 0 Å². The third kappa shape index (κ3) is 2.78. The molecule has 9 heteroatoms. The minimum Gasteiger partial charge on any atom is -0.369 e. The summed E-state index contributed by atoms with van der Waals surface area (Å²) in [5.41, 5.74) is 0. The van der Waals surface area contributed by atoms with Gasteiger partial charge in [0.05, 0.1) is 18.2 Å². The van der Waals surface area contributed by atoms with Crippen LogP contribution in [0.4, 0.5) is 5.82 Å². The average molecular weight is 345 g/mol. The summed E-state index contributed by atoms with van der Waals surface area (Å²) in [6, 6.07) is 1.57. The minimum absolute atomic E-state index is 0.00426. The molecule has 1 amide bonds. The first-order valence-electron chi connectivity index (χ1n) is 7.12. The van der Waals surface area contributed by atoms with Crippen LogP contribution in [0.5, 0.6) is 0 Å². The van der Waals surface area contributed by atoms with E-state index in [2.05, 4.69) is 10.3 Å². The van der Waals surface area contributed by atoms with Crippen LogP contribution in [0.1, 0.15) is 19.8 Å². The van der Waals surface area contributed by atoms with E-state index in [4.69, 9.17) is 11.6 Å². The van der Waals surface area contributed by atoms with E-state index in [1.54, 1.807) is 4.90 Å². The summed E-state index contributed by atoms with van der Waals surface area (Å²) in [6.45, 7) is 2.52. The molecule has 1 aliphatic carbocycles. The number of anilines is 1. The summed E-state index contributed by atoms with van der Waals surface area (Å²) in [5, 5.41) is 3.19. The van der Waals surface area contributed by atoms with Gasteiger partial charge < -0.3 is 10.2 Å². The van der Waals surface area contributed by atoms with E-state index in [1.165, 1.54) is 16.6 Å². The first kappa shape index (κ1) is 15.5. The van der Waals surface area contributed by atoms with E-state index in [9.17, 15) is 13.2 Å². The van der Waals surface area contributed by atoms with Crippen LogP contribution >= 0.6 is 11.6 Å². The Morgan fingerprint density at radius 3 is 2.77 bits per heavy atom. The fraction of sp³-hybridized carbons (Fsp3) is 0.538. The van der Waals surface area contributed by atoms with Crippen molar-refractivity contribution in [1.29, 1.82) is 0 Å². The summed E-state index contributed by atoms with van der Waals surface area (Å²) in [4.78, 5) is 17.6. The van der Waals surface area contributed by atoms with Crippen LogP contribution in [0.25, 0.3) is 0 Å². The van der Waals surface area contributed by atoms with E-state index in [0.29, 0.717) is 12.4 Å². The molecule has 0 unspecified atom stereocenters. The molecule has 1 saturated heterocycles. The Morgan fingerprint density at radius 2 is 2.18 bits per heavy atom. The molecule has 2 fully saturated rings.